The first-order chi connectivity index (χ1) is 9.61. The molecule has 2 unspecified atom stereocenters. The molecule has 0 aliphatic carbocycles. The molecule has 0 spiro atoms. The number of nitrogens with two attached hydrogens (primary N) is 1. The van der Waals surface area contributed by atoms with Crippen LogP contribution in [0.3, 0.4) is 0 Å². The molecule has 0 bridgehead atoms. The molecule has 0 saturated heterocycles. The highest BCUT2D eigenvalue weighted by Gasteiger charge is 2.30. The summed E-state index contributed by atoms with van der Waals surface area (Å²) in [5.41, 5.74) is 5.52. The number of carbonyl (C=O) groups is 1. The molecular formula is C16H25ClF2N2O. The van der Waals surface area contributed by atoms with Gasteiger partial charge in [-0.05, 0) is 24.8 Å². The van der Waals surface area contributed by atoms with Crippen LogP contribution in [0.25, 0.3) is 0 Å². The lowest BCUT2D eigenvalue weighted by Gasteiger charge is -2.32. The van der Waals surface area contributed by atoms with Gasteiger partial charge in [0, 0.05) is 24.1 Å². The molecule has 0 aliphatic heterocycles. The Balaban J connectivity index is 0.00000441. The summed E-state index contributed by atoms with van der Waals surface area (Å²) < 4.78 is 27.0. The van der Waals surface area contributed by atoms with E-state index in [2.05, 4.69) is 5.32 Å². The Morgan fingerprint density at radius 2 is 1.91 bits per heavy atom. The van der Waals surface area contributed by atoms with Crippen LogP contribution in [0, 0.1) is 17.0 Å². The Morgan fingerprint density at radius 1 is 1.32 bits per heavy atom. The number of carbonyl (C=O) groups excluding carboxylic acids is 1. The van der Waals surface area contributed by atoms with E-state index in [1.54, 1.807) is 0 Å². The number of halogens is 3. The Morgan fingerprint density at radius 3 is 2.36 bits per heavy atom. The van der Waals surface area contributed by atoms with E-state index in [1.807, 2.05) is 27.7 Å². The fourth-order valence-corrected chi connectivity index (χ4v) is 2.09. The van der Waals surface area contributed by atoms with Crippen LogP contribution in [0.2, 0.25) is 0 Å². The molecule has 0 aliphatic rings. The molecule has 1 rings (SSSR count). The fourth-order valence-electron chi connectivity index (χ4n) is 2.09. The second-order valence-corrected chi connectivity index (χ2v) is 6.55. The predicted molar refractivity (Wildman–Crippen MR) is 86.8 cm³/mol. The molecule has 126 valence electrons. The van der Waals surface area contributed by atoms with Crippen molar-refractivity contribution in [2.75, 3.05) is 0 Å². The third-order valence-corrected chi connectivity index (χ3v) is 3.27. The highest BCUT2D eigenvalue weighted by Crippen LogP contribution is 2.34. The summed E-state index contributed by atoms with van der Waals surface area (Å²) in [6.45, 7) is 7.51. The molecule has 22 heavy (non-hydrogen) atoms. The highest BCUT2D eigenvalue weighted by atomic mass is 35.5. The molecular weight excluding hydrogens is 310 g/mol. The smallest absolute Gasteiger partial charge is 0.220 e. The van der Waals surface area contributed by atoms with Gasteiger partial charge in [-0.25, -0.2) is 8.78 Å². The number of hydrogen-bond acceptors (Lipinski definition) is 2. The Labute approximate surface area is 137 Å². The maximum Gasteiger partial charge on any atom is 0.220 e. The minimum Gasteiger partial charge on any atom is -0.349 e. The van der Waals surface area contributed by atoms with Gasteiger partial charge >= 0.3 is 0 Å². The van der Waals surface area contributed by atoms with Crippen LogP contribution in [0.4, 0.5) is 8.78 Å². The average molecular weight is 335 g/mol. The molecule has 6 heteroatoms. The lowest BCUT2D eigenvalue weighted by atomic mass is 9.82. The Hall–Kier alpha value is -1.20. The standard InChI is InChI=1S/C16H24F2N2O.ClH/c1-10(19)5-8-14(21)20-15(16(2,3)4)12-7-6-11(17)9-13(12)18;/h6-7,9-10,15H,5,8,19H2,1-4H3,(H,20,21);1H. The maximum absolute atomic E-state index is 14.0. The first-order valence-electron chi connectivity index (χ1n) is 7.11. The maximum atomic E-state index is 14.0. The van der Waals surface area contributed by atoms with E-state index < -0.39 is 23.1 Å². The normalized spacial score (nSPS) is 14.0. The van der Waals surface area contributed by atoms with Crippen molar-refractivity contribution in [1.82, 2.24) is 5.32 Å². The molecule has 0 radical (unpaired) electrons. The van der Waals surface area contributed by atoms with Crippen molar-refractivity contribution in [3.8, 4) is 0 Å². The zero-order chi connectivity index (χ0) is 16.2. The van der Waals surface area contributed by atoms with Gasteiger partial charge in [-0.3, -0.25) is 4.79 Å². The minimum absolute atomic E-state index is 0. The van der Waals surface area contributed by atoms with Crippen LogP contribution in [0.1, 0.15) is 52.1 Å². The van der Waals surface area contributed by atoms with E-state index in [0.29, 0.717) is 6.42 Å². The van der Waals surface area contributed by atoms with Gasteiger partial charge in [-0.1, -0.05) is 26.8 Å². The SMILES string of the molecule is CC(N)CCC(=O)NC(c1ccc(F)cc1F)C(C)(C)C.Cl. The summed E-state index contributed by atoms with van der Waals surface area (Å²) in [6, 6.07) is 2.82. The van der Waals surface area contributed by atoms with Crippen LogP contribution in [-0.4, -0.2) is 11.9 Å². The van der Waals surface area contributed by atoms with E-state index in [9.17, 15) is 13.6 Å². The van der Waals surface area contributed by atoms with Gasteiger partial charge in [-0.2, -0.15) is 0 Å². The largest absolute Gasteiger partial charge is 0.349 e. The molecule has 3 N–H and O–H groups in total. The summed E-state index contributed by atoms with van der Waals surface area (Å²) in [6.07, 6.45) is 0.849. The minimum atomic E-state index is -0.651. The van der Waals surface area contributed by atoms with Crippen LogP contribution < -0.4 is 11.1 Å². The highest BCUT2D eigenvalue weighted by molar-refractivity contribution is 5.85. The van der Waals surface area contributed by atoms with Crippen molar-refractivity contribution in [3.05, 3.63) is 35.4 Å². The molecule has 3 nitrogen and oxygen atoms in total. The second-order valence-electron chi connectivity index (χ2n) is 6.55. The number of nitrogens with one attached hydrogen (secondary N) is 1. The Kier molecular flexibility index (Phi) is 7.98. The van der Waals surface area contributed by atoms with Gasteiger partial charge < -0.3 is 11.1 Å². The molecule has 0 heterocycles. The number of amides is 1. The van der Waals surface area contributed by atoms with E-state index in [1.165, 1.54) is 12.1 Å². The molecule has 0 saturated carbocycles. The van der Waals surface area contributed by atoms with Gasteiger partial charge in [0.25, 0.3) is 0 Å². The molecule has 1 aromatic carbocycles. The first-order valence-corrected chi connectivity index (χ1v) is 7.11. The van der Waals surface area contributed by atoms with E-state index in [-0.39, 0.29) is 36.3 Å². The van der Waals surface area contributed by atoms with Crippen molar-refractivity contribution < 1.29 is 13.6 Å². The number of hydrogen-bond donors (Lipinski definition) is 2. The second kappa shape index (κ2) is 8.44. The van der Waals surface area contributed by atoms with Crippen molar-refractivity contribution in [1.29, 1.82) is 0 Å². The van der Waals surface area contributed by atoms with Crippen LogP contribution >= 0.6 is 12.4 Å². The molecule has 0 fully saturated rings. The van der Waals surface area contributed by atoms with Crippen molar-refractivity contribution >= 4 is 18.3 Å². The summed E-state index contributed by atoms with van der Waals surface area (Å²) in [4.78, 5) is 12.0. The van der Waals surface area contributed by atoms with Gasteiger partial charge in [0.1, 0.15) is 11.6 Å². The monoisotopic (exact) mass is 334 g/mol. The molecule has 1 aromatic rings. The van der Waals surface area contributed by atoms with E-state index in [0.717, 1.165) is 6.07 Å². The third-order valence-electron chi connectivity index (χ3n) is 3.27. The topological polar surface area (TPSA) is 55.1 Å². The summed E-state index contributed by atoms with van der Waals surface area (Å²) in [5, 5.41) is 2.83. The average Bonchev–Trinajstić information content (AvgIpc) is 2.33. The van der Waals surface area contributed by atoms with E-state index in [4.69, 9.17) is 5.73 Å². The van der Waals surface area contributed by atoms with Crippen molar-refractivity contribution in [2.45, 2.75) is 52.6 Å². The Bertz CT molecular complexity index is 501. The summed E-state index contributed by atoms with van der Waals surface area (Å²) >= 11 is 0. The number of rotatable bonds is 5. The zero-order valence-electron chi connectivity index (χ0n) is 13.5. The number of benzene rings is 1. The van der Waals surface area contributed by atoms with Crippen molar-refractivity contribution in [3.63, 3.8) is 0 Å². The van der Waals surface area contributed by atoms with Crippen LogP contribution in [0.5, 0.6) is 0 Å². The van der Waals surface area contributed by atoms with Gasteiger partial charge in [0.05, 0.1) is 6.04 Å². The summed E-state index contributed by atoms with van der Waals surface area (Å²) in [5.74, 6) is -1.47. The van der Waals surface area contributed by atoms with Crippen LogP contribution in [-0.2, 0) is 4.79 Å². The quantitative estimate of drug-likeness (QED) is 0.862. The molecule has 1 amide bonds. The van der Waals surface area contributed by atoms with Crippen molar-refractivity contribution in [2.24, 2.45) is 11.1 Å². The fraction of sp³-hybridized carbons (Fsp3) is 0.562. The van der Waals surface area contributed by atoms with Gasteiger partial charge in [0.15, 0.2) is 0 Å². The third kappa shape index (κ3) is 6.28. The van der Waals surface area contributed by atoms with Gasteiger partial charge in [-0.15, -0.1) is 12.4 Å². The van der Waals surface area contributed by atoms with E-state index >= 15 is 0 Å². The lowest BCUT2D eigenvalue weighted by Crippen LogP contribution is -2.37. The first kappa shape index (κ1) is 20.8. The molecule has 2 atom stereocenters. The summed E-state index contributed by atoms with van der Waals surface area (Å²) in [7, 11) is 0. The molecule has 0 aromatic heterocycles. The lowest BCUT2D eigenvalue weighted by molar-refractivity contribution is -0.122. The zero-order valence-corrected chi connectivity index (χ0v) is 14.3. The van der Waals surface area contributed by atoms with Crippen LogP contribution in [0.15, 0.2) is 18.2 Å². The predicted octanol–water partition coefficient (Wildman–Crippen LogP) is 3.72. The van der Waals surface area contributed by atoms with Gasteiger partial charge in [0.2, 0.25) is 5.91 Å².